The van der Waals surface area contributed by atoms with Crippen LogP contribution >= 0.6 is 0 Å². The highest BCUT2D eigenvalue weighted by Gasteiger charge is 2.34. The van der Waals surface area contributed by atoms with Crippen LogP contribution in [0.2, 0.25) is 0 Å². The number of anilines is 1. The number of aliphatic carboxylic acids is 1. The van der Waals surface area contributed by atoms with Crippen molar-refractivity contribution in [2.24, 2.45) is 0 Å². The van der Waals surface area contributed by atoms with Crippen LogP contribution in [0, 0.1) is 0 Å². The molecule has 234 valence electrons. The molecule has 2 amide bonds. The maximum atomic E-state index is 13.5. The number of carbonyl (C=O) groups is 3. The highest BCUT2D eigenvalue weighted by atomic mass is 19.4. The Kier molecular flexibility index (Phi) is 9.26. The number of ether oxygens (including phenoxy) is 1. The summed E-state index contributed by atoms with van der Waals surface area (Å²) in [6.07, 6.45) is -3.49. The molecule has 0 saturated carbocycles. The molecule has 0 aliphatic carbocycles. The summed E-state index contributed by atoms with van der Waals surface area (Å²) in [6, 6.07) is 23.7. The lowest BCUT2D eigenvalue weighted by Crippen LogP contribution is -2.35. The van der Waals surface area contributed by atoms with Crippen molar-refractivity contribution in [3.63, 3.8) is 0 Å². The average Bonchev–Trinajstić information content (AvgIpc) is 3.04. The van der Waals surface area contributed by atoms with Crippen LogP contribution in [0.3, 0.4) is 0 Å². The zero-order chi connectivity index (χ0) is 32.8. The molecule has 0 aliphatic heterocycles. The van der Waals surface area contributed by atoms with Gasteiger partial charge in [-0.3, -0.25) is 14.4 Å². The van der Waals surface area contributed by atoms with Crippen molar-refractivity contribution < 1.29 is 37.4 Å². The molecule has 0 atom stereocenters. The number of halogens is 3. The fourth-order valence-corrected chi connectivity index (χ4v) is 4.81. The lowest BCUT2D eigenvalue weighted by Gasteiger charge is -2.21. The minimum atomic E-state index is -4.68. The van der Waals surface area contributed by atoms with E-state index >= 15 is 0 Å². The summed E-state index contributed by atoms with van der Waals surface area (Å²) in [5.74, 6) is -1.91. The van der Waals surface area contributed by atoms with E-state index in [-0.39, 0.29) is 29.1 Å². The van der Waals surface area contributed by atoms with Crippen LogP contribution in [0.15, 0.2) is 97.2 Å². The second-order valence-corrected chi connectivity index (χ2v) is 10.3. The number of hydrogen-bond donors (Lipinski definition) is 2. The first-order chi connectivity index (χ1) is 22.0. The van der Waals surface area contributed by atoms with Gasteiger partial charge in [-0.25, -0.2) is 9.97 Å². The molecular formula is C34H27F3N4O5. The first-order valence-electron chi connectivity index (χ1n) is 14.0. The largest absolute Gasteiger partial charge is 0.497 e. The predicted octanol–water partition coefficient (Wildman–Crippen LogP) is 6.23. The number of nitrogens with one attached hydrogen (secondary N) is 1. The minimum Gasteiger partial charge on any atom is -0.497 e. The Hall–Kier alpha value is -5.78. The zero-order valence-electron chi connectivity index (χ0n) is 24.4. The molecule has 0 saturated heterocycles. The van der Waals surface area contributed by atoms with Gasteiger partial charge >= 0.3 is 12.1 Å². The fourth-order valence-electron chi connectivity index (χ4n) is 4.81. The second-order valence-electron chi connectivity index (χ2n) is 10.3. The van der Waals surface area contributed by atoms with Gasteiger partial charge in [0.05, 0.1) is 24.6 Å². The number of amides is 2. The van der Waals surface area contributed by atoms with Crippen molar-refractivity contribution in [2.75, 3.05) is 19.0 Å². The third-order valence-corrected chi connectivity index (χ3v) is 7.08. The summed E-state index contributed by atoms with van der Waals surface area (Å²) in [7, 11) is 1.25. The molecule has 9 nitrogen and oxygen atoms in total. The van der Waals surface area contributed by atoms with E-state index in [4.69, 9.17) is 4.74 Å². The van der Waals surface area contributed by atoms with Gasteiger partial charge in [0.15, 0.2) is 5.82 Å². The number of para-hydroxylation sites is 1. The number of nitrogens with zero attached hydrogens (tertiary/aromatic N) is 3. The Bertz CT molecular complexity index is 1890. The summed E-state index contributed by atoms with van der Waals surface area (Å²) in [4.78, 5) is 47.6. The molecule has 1 aromatic heterocycles. The summed E-state index contributed by atoms with van der Waals surface area (Å²) in [5.41, 5.74) is 1.45. The Labute approximate surface area is 261 Å². The molecule has 2 N–H and O–H groups in total. The summed E-state index contributed by atoms with van der Waals surface area (Å²) in [5, 5.41) is 12.9. The predicted molar refractivity (Wildman–Crippen MR) is 164 cm³/mol. The van der Waals surface area contributed by atoms with Crippen molar-refractivity contribution in [2.45, 2.75) is 19.1 Å². The molecule has 46 heavy (non-hydrogen) atoms. The van der Waals surface area contributed by atoms with E-state index in [1.54, 1.807) is 30.5 Å². The molecule has 0 spiro atoms. The Morgan fingerprint density at radius 1 is 0.935 bits per heavy atom. The maximum absolute atomic E-state index is 13.5. The maximum Gasteiger partial charge on any atom is 0.416 e. The minimum absolute atomic E-state index is 0.00583. The second kappa shape index (κ2) is 13.5. The molecule has 5 rings (SSSR count). The topological polar surface area (TPSA) is 122 Å². The van der Waals surface area contributed by atoms with Crippen molar-refractivity contribution >= 4 is 34.4 Å². The fraction of sp³-hybridized carbons (Fsp3) is 0.147. The molecule has 5 aromatic rings. The van der Waals surface area contributed by atoms with Gasteiger partial charge in [0.25, 0.3) is 5.91 Å². The Morgan fingerprint density at radius 2 is 1.65 bits per heavy atom. The van der Waals surface area contributed by atoms with E-state index in [0.717, 1.165) is 22.5 Å². The van der Waals surface area contributed by atoms with E-state index in [0.29, 0.717) is 11.4 Å². The van der Waals surface area contributed by atoms with Gasteiger partial charge < -0.3 is 20.1 Å². The number of rotatable bonds is 10. The Morgan fingerprint density at radius 3 is 2.33 bits per heavy atom. The molecule has 4 aromatic carbocycles. The lowest BCUT2D eigenvalue weighted by atomic mass is 10.0. The monoisotopic (exact) mass is 628 g/mol. The molecule has 0 fully saturated rings. The van der Waals surface area contributed by atoms with Crippen LogP contribution in [0.1, 0.15) is 27.0 Å². The van der Waals surface area contributed by atoms with Gasteiger partial charge in [-0.1, -0.05) is 48.5 Å². The van der Waals surface area contributed by atoms with Crippen LogP contribution in [-0.2, 0) is 28.7 Å². The quantitative estimate of drug-likeness (QED) is 0.188. The van der Waals surface area contributed by atoms with Gasteiger partial charge in [0.1, 0.15) is 12.3 Å². The van der Waals surface area contributed by atoms with Crippen molar-refractivity contribution in [3.8, 4) is 17.1 Å². The van der Waals surface area contributed by atoms with Gasteiger partial charge in [-0.15, -0.1) is 0 Å². The van der Waals surface area contributed by atoms with Gasteiger partial charge in [0, 0.05) is 34.9 Å². The SMILES string of the molecule is COc1ccc(CC(=O)Nc2ccc(C(=O)N(CC(=O)O)Cc3ccc(-c4ncc5ccccc5n4)cc3)cc2)c(C(F)(F)F)c1. The van der Waals surface area contributed by atoms with Crippen LogP contribution in [0.4, 0.5) is 18.9 Å². The van der Waals surface area contributed by atoms with Crippen molar-refractivity contribution in [1.29, 1.82) is 0 Å². The number of benzene rings is 4. The van der Waals surface area contributed by atoms with Crippen LogP contribution in [0.25, 0.3) is 22.3 Å². The van der Waals surface area contributed by atoms with Crippen LogP contribution in [0.5, 0.6) is 5.75 Å². The van der Waals surface area contributed by atoms with Gasteiger partial charge in [0.2, 0.25) is 5.91 Å². The number of aromatic nitrogens is 2. The van der Waals surface area contributed by atoms with E-state index in [1.807, 2.05) is 24.3 Å². The molecular weight excluding hydrogens is 601 g/mol. The van der Waals surface area contributed by atoms with Crippen LogP contribution in [-0.4, -0.2) is 51.4 Å². The molecule has 0 radical (unpaired) electrons. The number of carboxylic acid groups (broad SMARTS) is 1. The Balaban J connectivity index is 1.25. The van der Waals surface area contributed by atoms with Gasteiger partial charge in [-0.05, 0) is 53.6 Å². The third kappa shape index (κ3) is 7.65. The highest BCUT2D eigenvalue weighted by molar-refractivity contribution is 5.97. The van der Waals surface area contributed by atoms with Crippen molar-refractivity contribution in [3.05, 3.63) is 119 Å². The number of methoxy groups -OCH3 is 1. The van der Waals surface area contributed by atoms with Crippen molar-refractivity contribution in [1.82, 2.24) is 14.9 Å². The number of alkyl halides is 3. The molecule has 1 heterocycles. The third-order valence-electron chi connectivity index (χ3n) is 7.08. The van der Waals surface area contributed by atoms with E-state index in [9.17, 15) is 32.7 Å². The number of hydrogen-bond acceptors (Lipinski definition) is 6. The molecule has 0 bridgehead atoms. The first-order valence-corrected chi connectivity index (χ1v) is 14.0. The molecule has 0 aliphatic rings. The average molecular weight is 629 g/mol. The lowest BCUT2D eigenvalue weighted by molar-refractivity contribution is -0.139. The van der Waals surface area contributed by atoms with E-state index < -0.39 is 42.5 Å². The number of fused-ring (bicyclic) bond motifs is 1. The summed E-state index contributed by atoms with van der Waals surface area (Å²) >= 11 is 0. The summed E-state index contributed by atoms with van der Waals surface area (Å²) in [6.45, 7) is -0.553. The standard InChI is InChI=1S/C34H27F3N4O5/c1-46-27-15-12-24(28(17-27)34(35,36)37)16-30(42)39-26-13-10-23(11-14-26)33(45)41(20-31(43)44)19-21-6-8-22(9-7-21)32-38-18-25-4-2-3-5-29(25)40-32/h2-15,17-18H,16,19-20H2,1H3,(H,39,42)(H,43,44). The number of carbonyl (C=O) groups excluding carboxylic acids is 2. The number of carboxylic acids is 1. The molecule has 0 unspecified atom stereocenters. The van der Waals surface area contributed by atoms with E-state index in [2.05, 4.69) is 15.3 Å². The first kappa shape index (κ1) is 31.6. The highest BCUT2D eigenvalue weighted by Crippen LogP contribution is 2.35. The smallest absolute Gasteiger partial charge is 0.416 e. The van der Waals surface area contributed by atoms with E-state index in [1.165, 1.54) is 48.4 Å². The summed E-state index contributed by atoms with van der Waals surface area (Å²) < 4.78 is 45.4. The van der Waals surface area contributed by atoms with Crippen LogP contribution < -0.4 is 10.1 Å². The van der Waals surface area contributed by atoms with Gasteiger partial charge in [-0.2, -0.15) is 13.2 Å². The normalized spacial score (nSPS) is 11.2. The zero-order valence-corrected chi connectivity index (χ0v) is 24.4. The molecule has 12 heteroatoms.